The maximum Gasteiger partial charge on any atom is 0.253 e. The van der Waals surface area contributed by atoms with Crippen molar-refractivity contribution in [2.24, 2.45) is 23.7 Å². The molecule has 0 spiro atoms. The average molecular weight is 384 g/mol. The Hall–Kier alpha value is -1.91. The van der Waals surface area contributed by atoms with Gasteiger partial charge in [-0.05, 0) is 93.4 Å². The molecule has 1 N–H and O–H groups in total. The number of piperidine rings is 1. The lowest BCUT2D eigenvalue weighted by atomic mass is 9.53. The van der Waals surface area contributed by atoms with Crippen molar-refractivity contribution < 1.29 is 14.0 Å². The van der Waals surface area contributed by atoms with Gasteiger partial charge in [-0.3, -0.25) is 9.59 Å². The minimum Gasteiger partial charge on any atom is -0.350 e. The molecule has 5 fully saturated rings. The first kappa shape index (κ1) is 18.1. The maximum atomic E-state index is 13.1. The number of nitrogens with zero attached hydrogens (tertiary/aromatic N) is 1. The Kier molecular flexibility index (Phi) is 4.44. The zero-order valence-corrected chi connectivity index (χ0v) is 16.3. The SMILES string of the molecule is O=C(NC12CC3CC(CC(C3)C1)C2)[C@H]1CCCN(C(=O)c2ccc(F)cc2)C1. The van der Waals surface area contributed by atoms with Crippen LogP contribution in [0.3, 0.4) is 0 Å². The molecule has 0 aromatic heterocycles. The summed E-state index contributed by atoms with van der Waals surface area (Å²) in [5.41, 5.74) is 0.512. The van der Waals surface area contributed by atoms with Crippen LogP contribution in [0.25, 0.3) is 0 Å². The van der Waals surface area contributed by atoms with E-state index in [0.717, 1.165) is 49.9 Å². The number of benzene rings is 1. The third-order valence-electron chi connectivity index (χ3n) is 7.60. The topological polar surface area (TPSA) is 49.4 Å². The molecule has 2 amide bonds. The minimum absolute atomic E-state index is 0.0229. The lowest BCUT2D eigenvalue weighted by Gasteiger charge is -2.57. The quantitative estimate of drug-likeness (QED) is 0.863. The molecule has 28 heavy (non-hydrogen) atoms. The van der Waals surface area contributed by atoms with Gasteiger partial charge in [-0.25, -0.2) is 4.39 Å². The number of amides is 2. The Labute approximate surface area is 165 Å². The number of hydrogen-bond donors (Lipinski definition) is 1. The molecule has 4 aliphatic carbocycles. The number of carbonyl (C=O) groups is 2. The van der Waals surface area contributed by atoms with Crippen molar-refractivity contribution >= 4 is 11.8 Å². The predicted octanol–water partition coefficient (Wildman–Crippen LogP) is 3.76. The van der Waals surface area contributed by atoms with E-state index in [1.807, 2.05) is 0 Å². The molecule has 1 aliphatic heterocycles. The molecular weight excluding hydrogens is 355 g/mol. The monoisotopic (exact) mass is 384 g/mol. The highest BCUT2D eigenvalue weighted by molar-refractivity contribution is 5.94. The predicted molar refractivity (Wildman–Crippen MR) is 104 cm³/mol. The highest BCUT2D eigenvalue weighted by atomic mass is 19.1. The summed E-state index contributed by atoms with van der Waals surface area (Å²) in [6, 6.07) is 5.68. The third kappa shape index (κ3) is 3.33. The average Bonchev–Trinajstić information content (AvgIpc) is 2.67. The van der Waals surface area contributed by atoms with Gasteiger partial charge in [-0.15, -0.1) is 0 Å². The van der Waals surface area contributed by atoms with Gasteiger partial charge < -0.3 is 10.2 Å². The standard InChI is InChI=1S/C23H29FN2O2/c24-20-5-3-18(4-6-20)22(28)26-7-1-2-19(14-26)21(27)25-23-11-15-8-16(12-23)10-17(9-15)13-23/h3-6,15-17,19H,1-2,7-14H2,(H,25,27)/t15?,16?,17?,19-,23?/m0/s1. The molecule has 0 unspecified atom stereocenters. The van der Waals surface area contributed by atoms with E-state index in [4.69, 9.17) is 0 Å². The van der Waals surface area contributed by atoms with Crippen molar-refractivity contribution in [3.05, 3.63) is 35.6 Å². The van der Waals surface area contributed by atoms with Crippen LogP contribution in [-0.4, -0.2) is 35.3 Å². The molecule has 1 aromatic carbocycles. The summed E-state index contributed by atoms with van der Waals surface area (Å²) in [4.78, 5) is 27.7. The Bertz CT molecular complexity index is 740. The van der Waals surface area contributed by atoms with Gasteiger partial charge in [-0.2, -0.15) is 0 Å². The number of likely N-dealkylation sites (tertiary alicyclic amines) is 1. The van der Waals surface area contributed by atoms with Gasteiger partial charge in [0.1, 0.15) is 5.82 Å². The summed E-state index contributed by atoms with van der Waals surface area (Å²) in [6.07, 6.45) is 9.20. The van der Waals surface area contributed by atoms with Crippen molar-refractivity contribution in [2.75, 3.05) is 13.1 Å². The maximum absolute atomic E-state index is 13.1. The molecule has 4 bridgehead atoms. The van der Waals surface area contributed by atoms with Crippen LogP contribution < -0.4 is 5.32 Å². The largest absolute Gasteiger partial charge is 0.350 e. The lowest BCUT2D eigenvalue weighted by Crippen LogP contribution is -2.61. The van der Waals surface area contributed by atoms with Crippen molar-refractivity contribution in [1.82, 2.24) is 10.2 Å². The number of carbonyl (C=O) groups excluding carboxylic acids is 2. The molecule has 5 aliphatic rings. The van der Waals surface area contributed by atoms with Crippen LogP contribution >= 0.6 is 0 Å². The van der Waals surface area contributed by atoms with Gasteiger partial charge >= 0.3 is 0 Å². The van der Waals surface area contributed by atoms with Crippen LogP contribution in [0.15, 0.2) is 24.3 Å². The Morgan fingerprint density at radius 1 is 1.00 bits per heavy atom. The van der Waals surface area contributed by atoms with Crippen LogP contribution in [0.4, 0.5) is 4.39 Å². The molecule has 1 heterocycles. The first-order valence-electron chi connectivity index (χ1n) is 10.9. The fourth-order valence-electron chi connectivity index (χ4n) is 6.78. The fourth-order valence-corrected chi connectivity index (χ4v) is 6.78. The zero-order valence-electron chi connectivity index (χ0n) is 16.3. The number of halogens is 1. The molecule has 1 saturated heterocycles. The van der Waals surface area contributed by atoms with E-state index in [1.165, 1.54) is 43.5 Å². The van der Waals surface area contributed by atoms with E-state index < -0.39 is 0 Å². The smallest absolute Gasteiger partial charge is 0.253 e. The fraction of sp³-hybridized carbons (Fsp3) is 0.652. The molecule has 4 nitrogen and oxygen atoms in total. The normalized spacial score (nSPS) is 36.4. The van der Waals surface area contributed by atoms with Gasteiger partial charge in [-0.1, -0.05) is 0 Å². The van der Waals surface area contributed by atoms with Crippen molar-refractivity contribution in [2.45, 2.75) is 56.9 Å². The van der Waals surface area contributed by atoms with Crippen LogP contribution in [0.2, 0.25) is 0 Å². The van der Waals surface area contributed by atoms with Gasteiger partial charge in [0.15, 0.2) is 0 Å². The second-order valence-electron chi connectivity index (χ2n) is 9.78. The van der Waals surface area contributed by atoms with E-state index in [0.29, 0.717) is 18.7 Å². The van der Waals surface area contributed by atoms with Crippen LogP contribution in [-0.2, 0) is 4.79 Å². The van der Waals surface area contributed by atoms with Gasteiger partial charge in [0, 0.05) is 24.2 Å². The second-order valence-corrected chi connectivity index (χ2v) is 9.78. The summed E-state index contributed by atoms with van der Waals surface area (Å²) < 4.78 is 13.1. The van der Waals surface area contributed by atoms with Crippen LogP contribution in [0.5, 0.6) is 0 Å². The number of hydrogen-bond acceptors (Lipinski definition) is 2. The van der Waals surface area contributed by atoms with E-state index in [9.17, 15) is 14.0 Å². The summed E-state index contributed by atoms with van der Waals surface area (Å²) in [7, 11) is 0. The summed E-state index contributed by atoms with van der Waals surface area (Å²) in [5, 5.41) is 3.47. The van der Waals surface area contributed by atoms with Crippen molar-refractivity contribution in [3.8, 4) is 0 Å². The molecule has 4 saturated carbocycles. The van der Waals surface area contributed by atoms with Crippen molar-refractivity contribution in [3.63, 3.8) is 0 Å². The van der Waals surface area contributed by atoms with E-state index in [-0.39, 0.29) is 29.1 Å². The summed E-state index contributed by atoms with van der Waals surface area (Å²) >= 11 is 0. The number of rotatable bonds is 3. The van der Waals surface area contributed by atoms with Gasteiger partial charge in [0.05, 0.1) is 5.92 Å². The van der Waals surface area contributed by atoms with E-state index in [2.05, 4.69) is 5.32 Å². The van der Waals surface area contributed by atoms with Gasteiger partial charge in [0.25, 0.3) is 5.91 Å². The highest BCUT2D eigenvalue weighted by Crippen LogP contribution is 2.55. The van der Waals surface area contributed by atoms with E-state index in [1.54, 1.807) is 4.90 Å². The number of nitrogens with one attached hydrogen (secondary N) is 1. The Morgan fingerprint density at radius 2 is 1.61 bits per heavy atom. The van der Waals surface area contributed by atoms with Crippen molar-refractivity contribution in [1.29, 1.82) is 0 Å². The summed E-state index contributed by atoms with van der Waals surface area (Å²) in [5.74, 6) is 1.96. The molecule has 150 valence electrons. The molecular formula is C23H29FN2O2. The Balaban J connectivity index is 1.24. The van der Waals surface area contributed by atoms with E-state index >= 15 is 0 Å². The zero-order chi connectivity index (χ0) is 19.3. The van der Waals surface area contributed by atoms with Crippen LogP contribution in [0, 0.1) is 29.5 Å². The Morgan fingerprint density at radius 3 is 2.21 bits per heavy atom. The second kappa shape index (κ2) is 6.85. The minimum atomic E-state index is -0.344. The molecule has 1 atom stereocenters. The third-order valence-corrected chi connectivity index (χ3v) is 7.60. The first-order chi connectivity index (χ1) is 13.5. The molecule has 0 radical (unpaired) electrons. The molecule has 6 rings (SSSR count). The van der Waals surface area contributed by atoms with Crippen LogP contribution in [0.1, 0.15) is 61.7 Å². The van der Waals surface area contributed by atoms with Gasteiger partial charge in [0.2, 0.25) is 5.91 Å². The molecule has 5 heteroatoms. The summed E-state index contributed by atoms with van der Waals surface area (Å²) in [6.45, 7) is 1.13. The highest BCUT2D eigenvalue weighted by Gasteiger charge is 2.52. The lowest BCUT2D eigenvalue weighted by molar-refractivity contribution is -0.132. The molecule has 1 aromatic rings. The first-order valence-corrected chi connectivity index (χ1v) is 10.9.